The molecular weight excluding hydrogens is 247 g/mol. The predicted molar refractivity (Wildman–Crippen MR) is 71.8 cm³/mol. The van der Waals surface area contributed by atoms with E-state index >= 15 is 0 Å². The van der Waals surface area contributed by atoms with Crippen LogP contribution < -0.4 is 5.32 Å². The van der Waals surface area contributed by atoms with Crippen molar-refractivity contribution in [3.8, 4) is 0 Å². The molecule has 1 N–H and O–H groups in total. The number of amides is 1. The van der Waals surface area contributed by atoms with Crippen LogP contribution in [0.1, 0.15) is 17.3 Å². The van der Waals surface area contributed by atoms with Crippen LogP contribution in [0.3, 0.4) is 0 Å². The molecule has 1 fully saturated rings. The van der Waals surface area contributed by atoms with Gasteiger partial charge in [0.25, 0.3) is 5.91 Å². The van der Waals surface area contributed by atoms with Gasteiger partial charge in [0.1, 0.15) is 11.6 Å². The zero-order valence-corrected chi connectivity index (χ0v) is 11.3. The number of halogens is 1. The highest BCUT2D eigenvalue weighted by atomic mass is 19.1. The number of rotatable bonds is 3. The van der Waals surface area contributed by atoms with Crippen LogP contribution in [-0.4, -0.2) is 60.5 Å². The summed E-state index contributed by atoms with van der Waals surface area (Å²) in [5.41, 5.74) is 0.299. The first-order valence-electron chi connectivity index (χ1n) is 6.50. The molecule has 0 saturated carbocycles. The number of hydrogen-bond donors (Lipinski definition) is 1. The normalized spacial score (nSPS) is 16.5. The molecule has 5 nitrogen and oxygen atoms in total. The van der Waals surface area contributed by atoms with Crippen molar-refractivity contribution in [2.24, 2.45) is 0 Å². The topological polar surface area (TPSA) is 48.5 Å². The van der Waals surface area contributed by atoms with Crippen LogP contribution in [0, 0.1) is 5.82 Å². The predicted octanol–water partition coefficient (Wildman–Crippen LogP) is 1.04. The number of carbonyl (C=O) groups excluding carboxylic acids is 1. The maximum Gasteiger partial charge on any atom is 0.257 e. The van der Waals surface area contributed by atoms with Crippen molar-refractivity contribution in [1.82, 2.24) is 14.8 Å². The molecule has 0 bridgehead atoms. The molecule has 0 unspecified atom stereocenters. The summed E-state index contributed by atoms with van der Waals surface area (Å²) in [5, 5.41) is 2.83. The lowest BCUT2D eigenvalue weighted by molar-refractivity contribution is 0.0643. The highest BCUT2D eigenvalue weighted by Crippen LogP contribution is 2.16. The van der Waals surface area contributed by atoms with Gasteiger partial charge in [0, 0.05) is 33.2 Å². The molecule has 19 heavy (non-hydrogen) atoms. The van der Waals surface area contributed by atoms with E-state index in [-0.39, 0.29) is 5.91 Å². The summed E-state index contributed by atoms with van der Waals surface area (Å²) in [5.74, 6) is -0.231. The minimum atomic E-state index is -0.491. The van der Waals surface area contributed by atoms with Gasteiger partial charge in [-0.3, -0.25) is 4.79 Å². The average molecular weight is 266 g/mol. The van der Waals surface area contributed by atoms with Crippen molar-refractivity contribution in [2.75, 3.05) is 45.1 Å². The molecular formula is C13H19FN4O. The third-order valence-electron chi connectivity index (χ3n) is 3.43. The molecule has 0 radical (unpaired) electrons. The Morgan fingerprint density at radius 3 is 2.68 bits per heavy atom. The SMILES string of the molecule is CCN1CCN(C(=O)c2cc(F)cnc2NC)CC1. The summed E-state index contributed by atoms with van der Waals surface area (Å²) in [7, 11) is 1.67. The van der Waals surface area contributed by atoms with E-state index in [1.165, 1.54) is 6.07 Å². The summed E-state index contributed by atoms with van der Waals surface area (Å²) in [6.07, 6.45) is 1.11. The first kappa shape index (κ1) is 13.7. The van der Waals surface area contributed by atoms with Gasteiger partial charge in [-0.05, 0) is 12.6 Å². The lowest BCUT2D eigenvalue weighted by Crippen LogP contribution is -2.48. The molecule has 2 rings (SSSR count). The van der Waals surface area contributed by atoms with Gasteiger partial charge in [0.15, 0.2) is 0 Å². The Balaban J connectivity index is 2.14. The van der Waals surface area contributed by atoms with Gasteiger partial charge in [-0.1, -0.05) is 6.92 Å². The number of nitrogens with one attached hydrogen (secondary N) is 1. The fraction of sp³-hybridized carbons (Fsp3) is 0.538. The van der Waals surface area contributed by atoms with Gasteiger partial charge in [-0.25, -0.2) is 9.37 Å². The van der Waals surface area contributed by atoms with Gasteiger partial charge < -0.3 is 15.1 Å². The van der Waals surface area contributed by atoms with E-state index in [4.69, 9.17) is 0 Å². The van der Waals surface area contributed by atoms with Gasteiger partial charge in [0.05, 0.1) is 11.8 Å². The first-order chi connectivity index (χ1) is 9.15. The third kappa shape index (κ3) is 3.01. The molecule has 0 atom stereocenters. The van der Waals surface area contributed by atoms with E-state index in [0.717, 1.165) is 25.8 Å². The lowest BCUT2D eigenvalue weighted by Gasteiger charge is -2.34. The van der Waals surface area contributed by atoms with Crippen LogP contribution in [0.15, 0.2) is 12.3 Å². The van der Waals surface area contributed by atoms with Crippen LogP contribution in [0.5, 0.6) is 0 Å². The zero-order valence-electron chi connectivity index (χ0n) is 11.3. The van der Waals surface area contributed by atoms with Gasteiger partial charge >= 0.3 is 0 Å². The third-order valence-corrected chi connectivity index (χ3v) is 3.43. The molecule has 1 aliphatic rings. The fourth-order valence-corrected chi connectivity index (χ4v) is 2.24. The van der Waals surface area contributed by atoms with Crippen molar-refractivity contribution in [1.29, 1.82) is 0 Å². The smallest absolute Gasteiger partial charge is 0.257 e. The zero-order chi connectivity index (χ0) is 13.8. The van der Waals surface area contributed by atoms with Crippen molar-refractivity contribution in [3.63, 3.8) is 0 Å². The number of aromatic nitrogens is 1. The molecule has 0 aromatic carbocycles. The standard InChI is InChI=1S/C13H19FN4O/c1-3-17-4-6-18(7-5-17)13(19)11-8-10(14)9-16-12(11)15-2/h8-9H,3-7H2,1-2H3,(H,15,16). The average Bonchev–Trinajstić information content (AvgIpc) is 2.46. The maximum absolute atomic E-state index is 13.3. The van der Waals surface area contributed by atoms with Crippen molar-refractivity contribution >= 4 is 11.7 Å². The molecule has 6 heteroatoms. The number of likely N-dealkylation sites (N-methyl/N-ethyl adjacent to an activating group) is 1. The quantitative estimate of drug-likeness (QED) is 0.888. The second-order valence-electron chi connectivity index (χ2n) is 4.53. The number of pyridine rings is 1. The number of hydrogen-bond acceptors (Lipinski definition) is 4. The summed E-state index contributed by atoms with van der Waals surface area (Å²) in [6.45, 7) is 6.16. The largest absolute Gasteiger partial charge is 0.372 e. The Kier molecular flexibility index (Phi) is 4.31. The number of nitrogens with zero attached hydrogens (tertiary/aromatic N) is 3. The van der Waals surface area contributed by atoms with E-state index in [1.54, 1.807) is 11.9 Å². The van der Waals surface area contributed by atoms with Gasteiger partial charge in [-0.2, -0.15) is 0 Å². The molecule has 1 aromatic rings. The number of piperazine rings is 1. The fourth-order valence-electron chi connectivity index (χ4n) is 2.24. The Labute approximate surface area is 112 Å². The van der Waals surface area contributed by atoms with Crippen LogP contribution in [0.4, 0.5) is 10.2 Å². The summed E-state index contributed by atoms with van der Waals surface area (Å²) in [6, 6.07) is 1.24. The second-order valence-corrected chi connectivity index (χ2v) is 4.53. The minimum Gasteiger partial charge on any atom is -0.372 e. The van der Waals surface area contributed by atoms with E-state index < -0.39 is 5.82 Å². The molecule has 1 saturated heterocycles. The molecule has 0 spiro atoms. The Hall–Kier alpha value is -1.69. The van der Waals surface area contributed by atoms with Crippen molar-refractivity contribution < 1.29 is 9.18 Å². The lowest BCUT2D eigenvalue weighted by atomic mass is 10.2. The Morgan fingerprint density at radius 2 is 2.11 bits per heavy atom. The van der Waals surface area contributed by atoms with Crippen LogP contribution in [-0.2, 0) is 0 Å². The summed E-state index contributed by atoms with van der Waals surface area (Å²) in [4.78, 5) is 20.3. The highest BCUT2D eigenvalue weighted by Gasteiger charge is 2.23. The highest BCUT2D eigenvalue weighted by molar-refractivity contribution is 5.98. The summed E-state index contributed by atoms with van der Waals surface area (Å²) < 4.78 is 13.3. The van der Waals surface area contributed by atoms with Crippen molar-refractivity contribution in [3.05, 3.63) is 23.6 Å². The Bertz CT molecular complexity index is 458. The Morgan fingerprint density at radius 1 is 1.42 bits per heavy atom. The molecule has 0 aliphatic carbocycles. The molecule has 1 aliphatic heterocycles. The van der Waals surface area contributed by atoms with Gasteiger partial charge in [-0.15, -0.1) is 0 Å². The van der Waals surface area contributed by atoms with E-state index in [1.807, 2.05) is 0 Å². The van der Waals surface area contributed by atoms with Crippen LogP contribution in [0.25, 0.3) is 0 Å². The van der Waals surface area contributed by atoms with E-state index in [0.29, 0.717) is 24.5 Å². The molecule has 2 heterocycles. The maximum atomic E-state index is 13.3. The molecule has 1 aromatic heterocycles. The van der Waals surface area contributed by atoms with E-state index in [2.05, 4.69) is 22.1 Å². The van der Waals surface area contributed by atoms with Crippen LogP contribution in [0.2, 0.25) is 0 Å². The van der Waals surface area contributed by atoms with E-state index in [9.17, 15) is 9.18 Å². The van der Waals surface area contributed by atoms with Crippen LogP contribution >= 0.6 is 0 Å². The number of anilines is 1. The monoisotopic (exact) mass is 266 g/mol. The second kappa shape index (κ2) is 5.97. The first-order valence-corrected chi connectivity index (χ1v) is 6.50. The molecule has 104 valence electrons. The van der Waals surface area contributed by atoms with Crippen molar-refractivity contribution in [2.45, 2.75) is 6.92 Å². The number of carbonyl (C=O) groups is 1. The summed E-state index contributed by atoms with van der Waals surface area (Å²) >= 11 is 0. The molecule has 1 amide bonds. The minimum absolute atomic E-state index is 0.160. The van der Waals surface area contributed by atoms with Gasteiger partial charge in [0.2, 0.25) is 0 Å².